The quantitative estimate of drug-likeness (QED) is 0.0977. The highest BCUT2D eigenvalue weighted by Crippen LogP contribution is 2.48. The highest BCUT2D eigenvalue weighted by molar-refractivity contribution is 6.36. The standard InChI is InChI=1S/C26H20Cl2N2O4.C19H14Cl2N2O3.C19H16N2O4.C7H5Cl3/c1-32-18-5-7-19(8-6-18)34-25-22-21(24(33-2)20-4-3-9-29-23(20)25)14-30(26(22)31)13-15-10-16(27)12-17(28)11-15;1-26-18-13-3-2-4-22-16(13)17(24)15-14(18)9-23(19(15)25)8-10-5-11(20)7-12(21)6-10;1-23-11-5-7-12(8-6-11)25-18-15-14(10-21-19(15)22)17(24-2)13-4-3-9-20-16(13)18;8-4-5-1-6(9)3-7(10)2-5/h3-12H,13-14H2,1-2H3;2-7,24H,8-9H2,1H3;3-9H,10H2,1-2H3,(H,21,22);1-3H,4H2. The van der Waals surface area contributed by atoms with Gasteiger partial charge in [-0.05, 0) is 156 Å². The van der Waals surface area contributed by atoms with E-state index in [1.807, 2.05) is 30.3 Å². The number of hydrogen-bond donors (Lipinski definition) is 2. The van der Waals surface area contributed by atoms with Crippen molar-refractivity contribution in [3.05, 3.63) is 238 Å². The van der Waals surface area contributed by atoms with E-state index in [2.05, 4.69) is 20.3 Å². The second-order valence-electron chi connectivity index (χ2n) is 21.4. The van der Waals surface area contributed by atoms with E-state index in [4.69, 9.17) is 114 Å². The summed E-state index contributed by atoms with van der Waals surface area (Å²) < 4.78 is 39.6. The van der Waals surface area contributed by atoms with Crippen molar-refractivity contribution in [1.29, 1.82) is 0 Å². The topological polar surface area (TPSA) is 193 Å². The van der Waals surface area contributed by atoms with Gasteiger partial charge in [0, 0.05) is 107 Å². The van der Waals surface area contributed by atoms with Gasteiger partial charge >= 0.3 is 0 Å². The third kappa shape index (κ3) is 14.4. The van der Waals surface area contributed by atoms with Crippen LogP contribution in [0.1, 0.15) is 64.5 Å². The van der Waals surface area contributed by atoms with E-state index < -0.39 is 0 Å². The second-order valence-corrected chi connectivity index (χ2v) is 24.3. The van der Waals surface area contributed by atoms with Crippen LogP contribution in [-0.2, 0) is 38.6 Å². The first kappa shape index (κ1) is 67.3. The molecule has 3 amide bonds. The highest BCUT2D eigenvalue weighted by atomic mass is 35.5. The lowest BCUT2D eigenvalue weighted by molar-refractivity contribution is 0.0757. The number of carbonyl (C=O) groups is 3. The molecule has 0 fully saturated rings. The third-order valence-electron chi connectivity index (χ3n) is 15.4. The summed E-state index contributed by atoms with van der Waals surface area (Å²) in [7, 11) is 7.94. The SMILES string of the molecule is COc1c2c(c(O)c3ncccc13)C(=O)N(Cc1cc(Cl)cc(Cl)c1)C2.COc1ccc(Oc2c3c(c(OC)c4cccnc24)CN(Cc2cc(Cl)cc(Cl)c2)C3=O)cc1.COc1ccc(Oc2c3c(c(OC)c4cccnc24)CNC3=O)cc1.ClCc1cc(Cl)cc(Cl)c1. The number of nitrogens with zero attached hydrogens (tertiary/aromatic N) is 5. The monoisotopic (exact) mass is 1410 g/mol. The zero-order valence-electron chi connectivity index (χ0n) is 51.2. The summed E-state index contributed by atoms with van der Waals surface area (Å²) in [5, 5.41) is 19.0. The smallest absolute Gasteiger partial charge is 0.258 e. The van der Waals surface area contributed by atoms with Gasteiger partial charge in [-0.3, -0.25) is 29.3 Å². The summed E-state index contributed by atoms with van der Waals surface area (Å²) in [5.41, 5.74) is 7.42. The number of rotatable bonds is 14. The number of benzene rings is 8. The predicted octanol–water partition coefficient (Wildman–Crippen LogP) is 17.9. The minimum absolute atomic E-state index is 0.118. The number of phenolic OH excluding ortho intramolecular Hbond substituents is 1. The third-order valence-corrected chi connectivity index (χ3v) is 17.0. The lowest BCUT2D eigenvalue weighted by Crippen LogP contribution is -2.23. The molecule has 3 aromatic heterocycles. The largest absolute Gasteiger partial charge is 0.505 e. The van der Waals surface area contributed by atoms with Crippen molar-refractivity contribution in [2.45, 2.75) is 38.6 Å². The number of carbonyl (C=O) groups excluding carboxylic acids is 3. The van der Waals surface area contributed by atoms with E-state index in [9.17, 15) is 19.5 Å². The Hall–Kier alpha value is -9.17. The Labute approximate surface area is 580 Å². The Kier molecular flexibility index (Phi) is 21.0. The van der Waals surface area contributed by atoms with Gasteiger partial charge in [-0.2, -0.15) is 0 Å². The lowest BCUT2D eigenvalue weighted by Gasteiger charge is -2.16. The van der Waals surface area contributed by atoms with E-state index >= 15 is 0 Å². The molecule has 0 saturated carbocycles. The molecule has 0 bridgehead atoms. The minimum Gasteiger partial charge on any atom is -0.505 e. The maximum Gasteiger partial charge on any atom is 0.258 e. The molecule has 2 N–H and O–H groups in total. The van der Waals surface area contributed by atoms with Gasteiger partial charge in [-0.1, -0.05) is 69.6 Å². The molecule has 17 nitrogen and oxygen atoms in total. The maximum atomic E-state index is 13.7. The van der Waals surface area contributed by atoms with Gasteiger partial charge in [0.05, 0.1) is 65.3 Å². The fourth-order valence-corrected chi connectivity index (χ4v) is 13.3. The molecule has 24 heteroatoms. The number of methoxy groups -OCH3 is 5. The predicted molar refractivity (Wildman–Crippen MR) is 370 cm³/mol. The summed E-state index contributed by atoms with van der Waals surface area (Å²) in [6, 6.07) is 41.1. The van der Waals surface area contributed by atoms with Gasteiger partial charge < -0.3 is 53.4 Å². The number of aromatic nitrogens is 3. The molecule has 3 aliphatic rings. The fraction of sp³-hybridized carbons (Fsp3) is 0.155. The molecule has 14 rings (SSSR count). The Bertz CT molecular complexity index is 4720. The number of phenols is 1. The van der Waals surface area contributed by atoms with Crippen molar-refractivity contribution in [3.63, 3.8) is 0 Å². The van der Waals surface area contributed by atoms with Crippen LogP contribution in [-0.4, -0.2) is 83.1 Å². The Morgan fingerprint density at radius 1 is 0.432 bits per heavy atom. The molecule has 6 heterocycles. The normalized spacial score (nSPS) is 12.6. The van der Waals surface area contributed by atoms with Gasteiger partial charge in [0.2, 0.25) is 0 Å². The number of pyridine rings is 3. The molecular formula is C71H55Cl7N6O11. The van der Waals surface area contributed by atoms with Crippen LogP contribution in [0.2, 0.25) is 30.1 Å². The van der Waals surface area contributed by atoms with Crippen LogP contribution in [0.15, 0.2) is 158 Å². The summed E-state index contributed by atoms with van der Waals surface area (Å²) in [5.74, 6) is 4.93. The Morgan fingerprint density at radius 2 is 0.789 bits per heavy atom. The average molecular weight is 1420 g/mol. The Balaban J connectivity index is 0.000000137. The van der Waals surface area contributed by atoms with Gasteiger partial charge in [0.1, 0.15) is 56.8 Å². The van der Waals surface area contributed by atoms with Gasteiger partial charge in [-0.25, -0.2) is 0 Å². The summed E-state index contributed by atoms with van der Waals surface area (Å²) in [6.45, 7) is 1.73. The van der Waals surface area contributed by atoms with E-state index in [0.29, 0.717) is 153 Å². The lowest BCUT2D eigenvalue weighted by atomic mass is 10.0. The number of ether oxygens (including phenoxy) is 7. The summed E-state index contributed by atoms with van der Waals surface area (Å²) in [6.07, 6.45) is 4.90. The highest BCUT2D eigenvalue weighted by Gasteiger charge is 2.38. The van der Waals surface area contributed by atoms with E-state index in [-0.39, 0.29) is 29.0 Å². The molecule has 0 atom stereocenters. The zero-order valence-corrected chi connectivity index (χ0v) is 56.5. The number of aromatic hydroxyl groups is 1. The van der Waals surface area contributed by atoms with Crippen molar-refractivity contribution < 1.29 is 52.6 Å². The van der Waals surface area contributed by atoms with E-state index in [0.717, 1.165) is 44.3 Å². The molecule has 0 aliphatic carbocycles. The summed E-state index contributed by atoms with van der Waals surface area (Å²) >= 11 is 41.4. The average Bonchev–Trinajstić information content (AvgIpc) is 1.68. The van der Waals surface area contributed by atoms with Crippen LogP contribution in [0, 0.1) is 0 Å². The van der Waals surface area contributed by atoms with Crippen LogP contribution in [0.5, 0.6) is 57.5 Å². The minimum atomic E-state index is -0.278. The molecule has 0 unspecified atom stereocenters. The van der Waals surface area contributed by atoms with Gasteiger partial charge in [0.25, 0.3) is 17.7 Å². The van der Waals surface area contributed by atoms with Crippen LogP contribution >= 0.6 is 81.2 Å². The van der Waals surface area contributed by atoms with Gasteiger partial charge in [0.15, 0.2) is 17.2 Å². The van der Waals surface area contributed by atoms with Crippen LogP contribution < -0.4 is 38.5 Å². The maximum absolute atomic E-state index is 13.7. The van der Waals surface area contributed by atoms with E-state index in [1.165, 1.54) is 0 Å². The number of amides is 3. The molecule has 0 spiro atoms. The van der Waals surface area contributed by atoms with Crippen molar-refractivity contribution in [2.24, 2.45) is 0 Å². The number of halogens is 7. The summed E-state index contributed by atoms with van der Waals surface area (Å²) in [4.78, 5) is 55.5. The van der Waals surface area contributed by atoms with Crippen molar-refractivity contribution in [2.75, 3.05) is 35.5 Å². The number of fused-ring (bicyclic) bond motifs is 6. The first-order valence-corrected chi connectivity index (χ1v) is 31.8. The van der Waals surface area contributed by atoms with Crippen LogP contribution in [0.3, 0.4) is 0 Å². The first-order valence-electron chi connectivity index (χ1n) is 29.0. The number of nitrogens with one attached hydrogen (secondary N) is 1. The number of alkyl halides is 1. The second kappa shape index (κ2) is 29.6. The van der Waals surface area contributed by atoms with E-state index in [1.54, 1.807) is 173 Å². The molecule has 3 aliphatic heterocycles. The Morgan fingerprint density at radius 3 is 1.20 bits per heavy atom. The molecular weight excluding hydrogens is 1360 g/mol. The van der Waals surface area contributed by atoms with Crippen molar-refractivity contribution in [1.82, 2.24) is 30.1 Å². The molecule has 8 aromatic carbocycles. The zero-order chi connectivity index (χ0) is 67.2. The van der Waals surface area contributed by atoms with Crippen molar-refractivity contribution in [3.8, 4) is 57.5 Å². The molecule has 0 saturated heterocycles. The molecule has 0 radical (unpaired) electrons. The van der Waals surface area contributed by atoms with Crippen molar-refractivity contribution >= 4 is 132 Å². The number of hydrogen-bond acceptors (Lipinski definition) is 14. The molecule has 11 aromatic rings. The van der Waals surface area contributed by atoms with Gasteiger partial charge in [-0.15, -0.1) is 11.6 Å². The molecule has 484 valence electrons. The first-order chi connectivity index (χ1) is 45.9. The molecule has 95 heavy (non-hydrogen) atoms. The fourth-order valence-electron chi connectivity index (χ4n) is 11.4. The van der Waals surface area contributed by atoms with Crippen LogP contribution in [0.25, 0.3) is 32.7 Å². The van der Waals surface area contributed by atoms with Crippen LogP contribution in [0.4, 0.5) is 0 Å².